The van der Waals surface area contributed by atoms with Crippen LogP contribution >= 0.6 is 15.9 Å². The third-order valence-corrected chi connectivity index (χ3v) is 5.21. The quantitative estimate of drug-likeness (QED) is 0.832. The Bertz CT molecular complexity index is 916. The van der Waals surface area contributed by atoms with Gasteiger partial charge in [0.1, 0.15) is 19.0 Å². The van der Waals surface area contributed by atoms with Crippen molar-refractivity contribution in [1.82, 2.24) is 4.72 Å². The zero-order chi connectivity index (χ0) is 17.3. The SMILES string of the molecule is O=C(NS(=O)(=O)c1ccc2c(c1)OCCO2)c1ccc(F)cc1Br. The Hall–Kier alpha value is -2.13. The van der Waals surface area contributed by atoms with Crippen molar-refractivity contribution >= 4 is 31.9 Å². The summed E-state index contributed by atoms with van der Waals surface area (Å²) in [5.74, 6) is -0.697. The van der Waals surface area contributed by atoms with E-state index in [2.05, 4.69) is 15.9 Å². The smallest absolute Gasteiger partial charge is 0.266 e. The van der Waals surface area contributed by atoms with E-state index in [0.29, 0.717) is 24.7 Å². The standard InChI is InChI=1S/C15H11BrFNO5S/c16-12-7-9(17)1-3-11(12)15(19)18-24(20,21)10-2-4-13-14(8-10)23-6-5-22-13/h1-4,7-8H,5-6H2,(H,18,19). The van der Waals surface area contributed by atoms with Crippen molar-refractivity contribution in [3.05, 3.63) is 52.3 Å². The van der Waals surface area contributed by atoms with E-state index in [1.807, 2.05) is 4.72 Å². The number of carbonyl (C=O) groups is 1. The van der Waals surface area contributed by atoms with E-state index < -0.39 is 21.7 Å². The summed E-state index contributed by atoms with van der Waals surface area (Å²) in [5, 5.41) is 0. The molecule has 9 heteroatoms. The van der Waals surface area contributed by atoms with Gasteiger partial charge in [-0.25, -0.2) is 17.5 Å². The largest absolute Gasteiger partial charge is 0.486 e. The summed E-state index contributed by atoms with van der Waals surface area (Å²) in [5.41, 5.74) is -0.00230. The van der Waals surface area contributed by atoms with Crippen molar-refractivity contribution in [2.45, 2.75) is 4.90 Å². The molecule has 1 aliphatic heterocycles. The zero-order valence-electron chi connectivity index (χ0n) is 12.1. The number of hydrogen-bond donors (Lipinski definition) is 1. The normalized spacial score (nSPS) is 13.4. The second kappa shape index (κ2) is 6.40. The predicted molar refractivity (Wildman–Crippen MR) is 86.2 cm³/mol. The van der Waals surface area contributed by atoms with E-state index in [9.17, 15) is 17.6 Å². The Labute approximate surface area is 145 Å². The molecule has 1 N–H and O–H groups in total. The number of halogens is 2. The summed E-state index contributed by atoms with van der Waals surface area (Å²) < 4.78 is 50.5. The molecule has 1 aliphatic rings. The summed E-state index contributed by atoms with van der Waals surface area (Å²) in [7, 11) is -4.12. The Kier molecular flexibility index (Phi) is 4.46. The Balaban J connectivity index is 1.87. The highest BCUT2D eigenvalue weighted by molar-refractivity contribution is 9.10. The molecule has 0 aliphatic carbocycles. The minimum atomic E-state index is -4.12. The highest BCUT2D eigenvalue weighted by Crippen LogP contribution is 2.32. The van der Waals surface area contributed by atoms with Crippen molar-refractivity contribution in [2.75, 3.05) is 13.2 Å². The molecule has 1 amide bonds. The van der Waals surface area contributed by atoms with Gasteiger partial charge < -0.3 is 9.47 Å². The fourth-order valence-corrected chi connectivity index (χ4v) is 3.61. The lowest BCUT2D eigenvalue weighted by atomic mass is 10.2. The Morgan fingerprint density at radius 2 is 1.79 bits per heavy atom. The number of sulfonamides is 1. The van der Waals surface area contributed by atoms with Gasteiger partial charge in [-0.1, -0.05) is 0 Å². The van der Waals surface area contributed by atoms with Crippen LogP contribution in [0.4, 0.5) is 4.39 Å². The van der Waals surface area contributed by atoms with E-state index in [1.54, 1.807) is 0 Å². The zero-order valence-corrected chi connectivity index (χ0v) is 14.5. The molecule has 0 bridgehead atoms. The number of rotatable bonds is 3. The van der Waals surface area contributed by atoms with Gasteiger partial charge >= 0.3 is 0 Å². The van der Waals surface area contributed by atoms with Gasteiger partial charge in [0, 0.05) is 10.5 Å². The van der Waals surface area contributed by atoms with Crippen molar-refractivity contribution in [3.63, 3.8) is 0 Å². The molecule has 0 spiro atoms. The number of ether oxygens (including phenoxy) is 2. The van der Waals surface area contributed by atoms with Crippen molar-refractivity contribution in [1.29, 1.82) is 0 Å². The summed E-state index contributed by atoms with van der Waals surface area (Å²) in [6, 6.07) is 7.38. The van der Waals surface area contributed by atoms with Crippen LogP contribution in [0.2, 0.25) is 0 Å². The van der Waals surface area contributed by atoms with E-state index in [4.69, 9.17) is 9.47 Å². The maximum absolute atomic E-state index is 13.1. The van der Waals surface area contributed by atoms with Gasteiger partial charge in [0.15, 0.2) is 11.5 Å². The van der Waals surface area contributed by atoms with Crippen LogP contribution in [-0.2, 0) is 10.0 Å². The average molecular weight is 416 g/mol. The van der Waals surface area contributed by atoms with Gasteiger partial charge in [-0.05, 0) is 46.3 Å². The molecule has 0 atom stereocenters. The van der Waals surface area contributed by atoms with Gasteiger partial charge in [-0.15, -0.1) is 0 Å². The fourth-order valence-electron chi connectivity index (χ4n) is 2.10. The van der Waals surface area contributed by atoms with E-state index in [-0.39, 0.29) is 14.9 Å². The molecule has 0 aromatic heterocycles. The number of amides is 1. The lowest BCUT2D eigenvalue weighted by Crippen LogP contribution is -2.31. The fraction of sp³-hybridized carbons (Fsp3) is 0.133. The predicted octanol–water partition coefficient (Wildman–Crippen LogP) is 2.48. The molecule has 0 radical (unpaired) electrons. The highest BCUT2D eigenvalue weighted by atomic mass is 79.9. The maximum Gasteiger partial charge on any atom is 0.266 e. The van der Waals surface area contributed by atoms with Crippen LogP contribution in [-0.4, -0.2) is 27.5 Å². The van der Waals surface area contributed by atoms with Crippen molar-refractivity contribution in [3.8, 4) is 11.5 Å². The molecule has 126 valence electrons. The third-order valence-electron chi connectivity index (χ3n) is 3.23. The van der Waals surface area contributed by atoms with Crippen LogP contribution in [0.5, 0.6) is 11.5 Å². The van der Waals surface area contributed by atoms with Crippen LogP contribution in [0.3, 0.4) is 0 Å². The van der Waals surface area contributed by atoms with Gasteiger partial charge in [-0.3, -0.25) is 4.79 Å². The van der Waals surface area contributed by atoms with Crippen LogP contribution in [0.1, 0.15) is 10.4 Å². The summed E-state index contributed by atoms with van der Waals surface area (Å²) in [6.45, 7) is 0.694. The van der Waals surface area contributed by atoms with Gasteiger partial charge in [-0.2, -0.15) is 0 Å². The van der Waals surface area contributed by atoms with E-state index in [1.165, 1.54) is 24.3 Å². The van der Waals surface area contributed by atoms with Gasteiger partial charge in [0.05, 0.1) is 10.5 Å². The molecule has 0 unspecified atom stereocenters. The average Bonchev–Trinajstić information content (AvgIpc) is 2.53. The molecule has 0 saturated carbocycles. The topological polar surface area (TPSA) is 81.7 Å². The summed E-state index contributed by atoms with van der Waals surface area (Å²) in [6.07, 6.45) is 0. The van der Waals surface area contributed by atoms with Gasteiger partial charge in [0.25, 0.3) is 15.9 Å². The lowest BCUT2D eigenvalue weighted by molar-refractivity contribution is 0.0980. The van der Waals surface area contributed by atoms with Crippen LogP contribution in [0, 0.1) is 5.82 Å². The molecule has 0 saturated heterocycles. The molecular weight excluding hydrogens is 405 g/mol. The molecule has 0 fully saturated rings. The summed E-state index contributed by atoms with van der Waals surface area (Å²) in [4.78, 5) is 12.0. The number of hydrogen-bond acceptors (Lipinski definition) is 5. The van der Waals surface area contributed by atoms with E-state index >= 15 is 0 Å². The first kappa shape index (κ1) is 16.7. The first-order valence-corrected chi connectivity index (χ1v) is 9.06. The lowest BCUT2D eigenvalue weighted by Gasteiger charge is -2.18. The molecule has 3 rings (SSSR count). The second-order valence-electron chi connectivity index (χ2n) is 4.86. The van der Waals surface area contributed by atoms with Crippen molar-refractivity contribution in [2.24, 2.45) is 0 Å². The molecule has 24 heavy (non-hydrogen) atoms. The summed E-state index contributed by atoms with van der Waals surface area (Å²) >= 11 is 3.03. The number of benzene rings is 2. The monoisotopic (exact) mass is 415 g/mol. The maximum atomic E-state index is 13.1. The van der Waals surface area contributed by atoms with Crippen LogP contribution in [0.15, 0.2) is 45.8 Å². The highest BCUT2D eigenvalue weighted by Gasteiger charge is 2.23. The molecule has 2 aromatic carbocycles. The Morgan fingerprint density at radius 3 is 2.50 bits per heavy atom. The van der Waals surface area contributed by atoms with Crippen LogP contribution in [0.25, 0.3) is 0 Å². The van der Waals surface area contributed by atoms with Crippen molar-refractivity contribution < 1.29 is 27.1 Å². The minimum absolute atomic E-state index is 0.00230. The number of fused-ring (bicyclic) bond motifs is 1. The molecule has 1 heterocycles. The molecule has 6 nitrogen and oxygen atoms in total. The third kappa shape index (κ3) is 3.36. The molecular formula is C15H11BrFNO5S. The number of nitrogens with one attached hydrogen (secondary N) is 1. The first-order chi connectivity index (χ1) is 11.4. The van der Waals surface area contributed by atoms with Crippen LogP contribution < -0.4 is 14.2 Å². The van der Waals surface area contributed by atoms with Gasteiger partial charge in [0.2, 0.25) is 0 Å². The second-order valence-corrected chi connectivity index (χ2v) is 7.40. The molecule has 2 aromatic rings. The number of carbonyl (C=O) groups excluding carboxylic acids is 1. The minimum Gasteiger partial charge on any atom is -0.486 e. The Morgan fingerprint density at radius 1 is 1.08 bits per heavy atom. The van der Waals surface area contributed by atoms with E-state index in [0.717, 1.165) is 12.1 Å². The first-order valence-electron chi connectivity index (χ1n) is 6.79.